The first kappa shape index (κ1) is 27.2. The molecule has 4 fully saturated rings. The summed E-state index contributed by atoms with van der Waals surface area (Å²) in [4.78, 5) is 24.8. The van der Waals surface area contributed by atoms with Crippen molar-refractivity contribution < 1.29 is 24.5 Å². The van der Waals surface area contributed by atoms with Gasteiger partial charge in [-0.1, -0.05) is 60.1 Å². The van der Waals surface area contributed by atoms with Gasteiger partial charge >= 0.3 is 11.9 Å². The summed E-state index contributed by atoms with van der Waals surface area (Å²) in [6.07, 6.45) is 11.3. The Morgan fingerprint density at radius 1 is 0.892 bits per heavy atom. The first-order valence-electron chi connectivity index (χ1n) is 14.7. The van der Waals surface area contributed by atoms with Crippen molar-refractivity contribution in [2.75, 3.05) is 0 Å². The van der Waals surface area contributed by atoms with Crippen molar-refractivity contribution in [3.8, 4) is 0 Å². The number of ether oxygens (including phenoxy) is 1. The largest absolute Gasteiger partial charge is 0.481 e. The molecule has 0 saturated heterocycles. The van der Waals surface area contributed by atoms with Gasteiger partial charge in [-0.05, 0) is 97.2 Å². The number of carboxylic acids is 1. The van der Waals surface area contributed by atoms with Gasteiger partial charge in [0.2, 0.25) is 5.79 Å². The molecular formula is C32H50O5. The van der Waals surface area contributed by atoms with Crippen molar-refractivity contribution in [1.82, 2.24) is 0 Å². The van der Waals surface area contributed by atoms with Crippen LogP contribution in [0, 0.1) is 50.2 Å². The molecule has 5 nitrogen and oxygen atoms in total. The molecule has 0 aliphatic heterocycles. The molecule has 4 saturated carbocycles. The topological polar surface area (TPSA) is 83.8 Å². The normalized spacial score (nSPS) is 49.9. The fourth-order valence-corrected chi connectivity index (χ4v) is 11.0. The highest BCUT2D eigenvalue weighted by atomic mass is 16.7. The predicted molar refractivity (Wildman–Crippen MR) is 143 cm³/mol. The van der Waals surface area contributed by atoms with Crippen LogP contribution in [0.15, 0.2) is 11.6 Å². The second-order valence-electron chi connectivity index (χ2n) is 15.8. The maximum Gasteiger partial charge on any atom is 0.310 e. The minimum Gasteiger partial charge on any atom is -0.481 e. The van der Waals surface area contributed by atoms with Crippen LogP contribution in [0.25, 0.3) is 0 Å². The number of allylic oxidation sites excluding steroid dienone is 2. The summed E-state index contributed by atoms with van der Waals surface area (Å²) in [5.74, 6) is -1.63. The van der Waals surface area contributed by atoms with Crippen LogP contribution in [0.2, 0.25) is 0 Å². The lowest BCUT2D eigenvalue weighted by molar-refractivity contribution is -0.316. The number of aliphatic hydroxyl groups is 1. The monoisotopic (exact) mass is 514 g/mol. The third-order valence-electron chi connectivity index (χ3n) is 13.5. The second kappa shape index (κ2) is 7.86. The minimum absolute atomic E-state index is 0.0150. The lowest BCUT2D eigenvalue weighted by atomic mass is 9.33. The van der Waals surface area contributed by atoms with Gasteiger partial charge in [-0.3, -0.25) is 9.59 Å². The lowest BCUT2D eigenvalue weighted by Gasteiger charge is -2.71. The van der Waals surface area contributed by atoms with E-state index < -0.39 is 28.6 Å². The summed E-state index contributed by atoms with van der Waals surface area (Å²) in [6.45, 7) is 17.6. The van der Waals surface area contributed by atoms with Crippen molar-refractivity contribution in [2.45, 2.75) is 125 Å². The van der Waals surface area contributed by atoms with Gasteiger partial charge in [0, 0.05) is 18.8 Å². The maximum absolute atomic E-state index is 12.8. The van der Waals surface area contributed by atoms with Crippen molar-refractivity contribution in [1.29, 1.82) is 0 Å². The van der Waals surface area contributed by atoms with E-state index in [9.17, 15) is 19.8 Å². The van der Waals surface area contributed by atoms with Crippen LogP contribution in [-0.2, 0) is 14.3 Å². The Hall–Kier alpha value is -1.36. The highest BCUT2D eigenvalue weighted by Crippen LogP contribution is 2.76. The van der Waals surface area contributed by atoms with Crippen molar-refractivity contribution in [3.05, 3.63) is 11.6 Å². The van der Waals surface area contributed by atoms with Crippen molar-refractivity contribution in [2.24, 2.45) is 50.2 Å². The molecule has 0 aromatic heterocycles. The molecule has 37 heavy (non-hydrogen) atoms. The van der Waals surface area contributed by atoms with Gasteiger partial charge in [-0.2, -0.15) is 0 Å². The van der Waals surface area contributed by atoms with E-state index in [0.29, 0.717) is 12.3 Å². The van der Waals surface area contributed by atoms with E-state index in [0.717, 1.165) is 57.8 Å². The Bertz CT molecular complexity index is 1040. The molecule has 0 amide bonds. The molecule has 0 aromatic rings. The molecule has 0 radical (unpaired) electrons. The third kappa shape index (κ3) is 3.37. The number of hydrogen-bond acceptors (Lipinski definition) is 4. The Balaban J connectivity index is 1.57. The zero-order chi connectivity index (χ0) is 27.4. The lowest BCUT2D eigenvalue weighted by Crippen LogP contribution is -2.67. The molecule has 0 unspecified atom stereocenters. The van der Waals surface area contributed by atoms with Crippen molar-refractivity contribution in [3.63, 3.8) is 0 Å². The smallest absolute Gasteiger partial charge is 0.310 e. The number of hydrogen-bond donors (Lipinski definition) is 2. The van der Waals surface area contributed by atoms with Crippen LogP contribution in [-0.4, -0.2) is 27.9 Å². The third-order valence-corrected chi connectivity index (χ3v) is 13.5. The number of rotatable bonds is 2. The second-order valence-corrected chi connectivity index (χ2v) is 15.8. The van der Waals surface area contributed by atoms with E-state index in [2.05, 4.69) is 54.5 Å². The van der Waals surface area contributed by atoms with Gasteiger partial charge in [0.15, 0.2) is 0 Å². The van der Waals surface area contributed by atoms with E-state index in [1.165, 1.54) is 12.5 Å². The fraction of sp³-hybridized carbons (Fsp3) is 0.875. The molecular weight excluding hydrogens is 464 g/mol. The van der Waals surface area contributed by atoms with Gasteiger partial charge in [-0.25, -0.2) is 0 Å². The molecule has 0 bridgehead atoms. The van der Waals surface area contributed by atoms with Gasteiger partial charge in [0.1, 0.15) is 0 Å². The maximum atomic E-state index is 12.8. The van der Waals surface area contributed by atoms with E-state index in [1.807, 2.05) is 0 Å². The zero-order valence-corrected chi connectivity index (χ0v) is 24.5. The van der Waals surface area contributed by atoms with Crippen LogP contribution in [0.5, 0.6) is 0 Å². The molecule has 2 N–H and O–H groups in total. The van der Waals surface area contributed by atoms with Crippen molar-refractivity contribution >= 4 is 11.9 Å². The quantitative estimate of drug-likeness (QED) is 0.233. The van der Waals surface area contributed by atoms with E-state index >= 15 is 0 Å². The Labute approximate surface area is 223 Å². The van der Waals surface area contributed by atoms with E-state index in [4.69, 9.17) is 4.74 Å². The number of esters is 1. The predicted octanol–water partition coefficient (Wildman–Crippen LogP) is 7.12. The molecule has 0 aromatic carbocycles. The summed E-state index contributed by atoms with van der Waals surface area (Å²) < 4.78 is 5.62. The highest BCUT2D eigenvalue weighted by molar-refractivity contribution is 5.76. The number of aliphatic carboxylic acids is 1. The molecule has 208 valence electrons. The molecule has 5 aliphatic carbocycles. The first-order chi connectivity index (χ1) is 16.9. The van der Waals surface area contributed by atoms with Crippen LogP contribution < -0.4 is 0 Å². The Kier molecular flexibility index (Phi) is 5.78. The number of carbonyl (C=O) groups is 2. The van der Waals surface area contributed by atoms with Gasteiger partial charge in [0.25, 0.3) is 0 Å². The first-order valence-corrected chi connectivity index (χ1v) is 14.7. The minimum atomic E-state index is -1.43. The summed E-state index contributed by atoms with van der Waals surface area (Å²) in [6, 6.07) is 0. The number of fused-ring (bicyclic) bond motifs is 7. The molecule has 5 heteroatoms. The van der Waals surface area contributed by atoms with Gasteiger partial charge < -0.3 is 14.9 Å². The highest BCUT2D eigenvalue weighted by Gasteiger charge is 2.71. The van der Waals surface area contributed by atoms with Gasteiger partial charge in [-0.15, -0.1) is 0 Å². The Morgan fingerprint density at radius 3 is 2.16 bits per heavy atom. The molecule has 8 atom stereocenters. The standard InChI is InChI=1S/C32H50O5/c1-20(33)37-32(36)18-14-28(6)23(27(32,4)5)11-12-30(8)24(28)10-9-21-22-19-26(2,3)13-16-31(22,25(34)35)17-15-29(21,30)7/h9,22-24,36H,10-19H2,1-8H3,(H,34,35)/t22-,23-,24+,28-,29+,30+,31-,32+/m0/s1. The molecule has 0 heterocycles. The Morgan fingerprint density at radius 2 is 1.54 bits per heavy atom. The summed E-state index contributed by atoms with van der Waals surface area (Å²) in [5, 5.41) is 22.1. The van der Waals surface area contributed by atoms with Gasteiger partial charge in [0.05, 0.1) is 5.41 Å². The average molecular weight is 515 g/mol. The SMILES string of the molecule is CC(=O)O[C@]1(O)CC[C@]2(C)[C@H]3CC=C4[C@@H]5CC(C)(C)CC[C@]5(C(=O)O)CC[C@@]4(C)[C@]3(C)CC[C@H]2C1(C)C. The van der Waals surface area contributed by atoms with E-state index in [1.54, 1.807) is 0 Å². The molecule has 5 aliphatic rings. The summed E-state index contributed by atoms with van der Waals surface area (Å²) in [7, 11) is 0. The molecule has 5 rings (SSSR count). The summed E-state index contributed by atoms with van der Waals surface area (Å²) in [5.41, 5.74) is 0.520. The fourth-order valence-electron chi connectivity index (χ4n) is 11.0. The number of carboxylic acid groups (broad SMARTS) is 1. The number of carbonyl (C=O) groups excluding carboxylic acids is 1. The van der Waals surface area contributed by atoms with E-state index in [-0.39, 0.29) is 33.5 Å². The van der Waals surface area contributed by atoms with Crippen LogP contribution in [0.4, 0.5) is 0 Å². The van der Waals surface area contributed by atoms with Crippen LogP contribution in [0.3, 0.4) is 0 Å². The van der Waals surface area contributed by atoms with Crippen LogP contribution in [0.1, 0.15) is 120 Å². The average Bonchev–Trinajstić information content (AvgIpc) is 2.76. The zero-order valence-electron chi connectivity index (χ0n) is 24.5. The molecule has 0 spiro atoms. The summed E-state index contributed by atoms with van der Waals surface area (Å²) >= 11 is 0. The van der Waals surface area contributed by atoms with Crippen LogP contribution >= 0.6 is 0 Å².